The minimum atomic E-state index is 0.736. The van der Waals surface area contributed by atoms with Gasteiger partial charge in [0, 0.05) is 18.8 Å². The number of pyridine rings is 1. The first-order valence-corrected chi connectivity index (χ1v) is 7.88. The molecule has 0 aliphatic carbocycles. The minimum absolute atomic E-state index is 0.736. The molecular formula is C17H20ClN3. The molecule has 110 valence electrons. The van der Waals surface area contributed by atoms with Crippen LogP contribution in [0, 0.1) is 0 Å². The van der Waals surface area contributed by atoms with Crippen LogP contribution in [0.3, 0.4) is 0 Å². The molecule has 3 nitrogen and oxygen atoms in total. The number of nitrogens with zero attached hydrogens (tertiary/aromatic N) is 2. The first-order chi connectivity index (χ1) is 10.3. The Kier molecular flexibility index (Phi) is 4.30. The van der Waals surface area contributed by atoms with E-state index in [4.69, 9.17) is 11.6 Å². The van der Waals surface area contributed by atoms with Gasteiger partial charge in [-0.1, -0.05) is 29.8 Å². The van der Waals surface area contributed by atoms with Gasteiger partial charge >= 0.3 is 0 Å². The van der Waals surface area contributed by atoms with Gasteiger partial charge in [-0.3, -0.25) is 0 Å². The molecule has 1 aromatic heterocycles. The van der Waals surface area contributed by atoms with Crippen molar-refractivity contribution in [2.24, 2.45) is 0 Å². The Bertz CT molecular complexity index is 627. The van der Waals surface area contributed by atoms with Crippen molar-refractivity contribution in [3.05, 3.63) is 52.7 Å². The molecule has 0 spiro atoms. The molecule has 1 aromatic carbocycles. The third-order valence-electron chi connectivity index (χ3n) is 3.82. The van der Waals surface area contributed by atoms with E-state index in [0.29, 0.717) is 0 Å². The van der Waals surface area contributed by atoms with Crippen LogP contribution in [0.5, 0.6) is 0 Å². The topological polar surface area (TPSA) is 28.2 Å². The largest absolute Gasteiger partial charge is 0.370 e. The third kappa shape index (κ3) is 3.13. The van der Waals surface area contributed by atoms with Gasteiger partial charge < -0.3 is 10.2 Å². The number of rotatable bonds is 4. The number of fused-ring (bicyclic) bond motifs is 1. The van der Waals surface area contributed by atoms with Crippen molar-refractivity contribution in [1.29, 1.82) is 0 Å². The Morgan fingerprint density at radius 1 is 1.24 bits per heavy atom. The second-order valence-corrected chi connectivity index (χ2v) is 5.72. The maximum atomic E-state index is 6.33. The molecule has 0 radical (unpaired) electrons. The van der Waals surface area contributed by atoms with Crippen LogP contribution >= 0.6 is 11.6 Å². The van der Waals surface area contributed by atoms with Crippen molar-refractivity contribution in [2.75, 3.05) is 23.3 Å². The zero-order valence-corrected chi connectivity index (χ0v) is 13.0. The molecule has 1 aliphatic heterocycles. The van der Waals surface area contributed by atoms with Crippen LogP contribution in [0.15, 0.2) is 36.4 Å². The van der Waals surface area contributed by atoms with Gasteiger partial charge in [0.25, 0.3) is 0 Å². The van der Waals surface area contributed by atoms with Crippen molar-refractivity contribution in [3.8, 4) is 0 Å². The Labute approximate surface area is 131 Å². The average molecular weight is 302 g/mol. The lowest BCUT2D eigenvalue weighted by atomic mass is 10.0. The van der Waals surface area contributed by atoms with Gasteiger partial charge in [-0.05, 0) is 43.5 Å². The molecule has 1 aliphatic rings. The van der Waals surface area contributed by atoms with E-state index in [0.717, 1.165) is 42.6 Å². The fraction of sp³-hybridized carbons (Fsp3) is 0.353. The number of para-hydroxylation sites is 1. The number of aryl methyl sites for hydroxylation is 1. The van der Waals surface area contributed by atoms with Gasteiger partial charge in [0.15, 0.2) is 0 Å². The van der Waals surface area contributed by atoms with Gasteiger partial charge in [0.1, 0.15) is 5.82 Å². The summed E-state index contributed by atoms with van der Waals surface area (Å²) in [6.45, 7) is 4.74. The first kappa shape index (κ1) is 14.2. The van der Waals surface area contributed by atoms with E-state index in [2.05, 4.69) is 46.4 Å². The van der Waals surface area contributed by atoms with Gasteiger partial charge in [-0.15, -0.1) is 0 Å². The quantitative estimate of drug-likeness (QED) is 0.921. The maximum absolute atomic E-state index is 6.33. The molecule has 0 unspecified atom stereocenters. The summed E-state index contributed by atoms with van der Waals surface area (Å²) in [6.07, 6.45) is 2.34. The summed E-state index contributed by atoms with van der Waals surface area (Å²) in [5, 5.41) is 3.98. The molecule has 0 saturated heterocycles. The highest BCUT2D eigenvalue weighted by Crippen LogP contribution is 2.29. The van der Waals surface area contributed by atoms with Gasteiger partial charge in [-0.2, -0.15) is 0 Å². The van der Waals surface area contributed by atoms with Crippen molar-refractivity contribution < 1.29 is 0 Å². The summed E-state index contributed by atoms with van der Waals surface area (Å²) in [4.78, 5) is 7.02. The molecule has 1 N–H and O–H groups in total. The first-order valence-electron chi connectivity index (χ1n) is 7.50. The van der Waals surface area contributed by atoms with E-state index in [1.807, 2.05) is 12.1 Å². The van der Waals surface area contributed by atoms with E-state index in [1.54, 1.807) is 0 Å². The fourth-order valence-corrected chi connectivity index (χ4v) is 3.00. The van der Waals surface area contributed by atoms with E-state index in [-0.39, 0.29) is 0 Å². The van der Waals surface area contributed by atoms with Crippen LogP contribution in [0.25, 0.3) is 0 Å². The highest BCUT2D eigenvalue weighted by atomic mass is 35.5. The molecule has 0 fully saturated rings. The lowest BCUT2D eigenvalue weighted by molar-refractivity contribution is 0.684. The number of anilines is 2. The summed E-state index contributed by atoms with van der Waals surface area (Å²) < 4.78 is 0. The number of nitrogens with one attached hydrogen (secondary N) is 1. The lowest BCUT2D eigenvalue weighted by Crippen LogP contribution is -2.29. The molecule has 2 aromatic rings. The molecule has 0 atom stereocenters. The SMILES string of the molecule is CCNc1ccc(Cl)c(CN2CCCc3ccccc32)n1. The monoisotopic (exact) mass is 301 g/mol. The predicted octanol–water partition coefficient (Wildman–Crippen LogP) is 4.12. The molecule has 0 bridgehead atoms. The molecule has 21 heavy (non-hydrogen) atoms. The standard InChI is InChI=1S/C17H20ClN3/c1-2-19-17-10-9-14(18)15(20-17)12-21-11-5-7-13-6-3-4-8-16(13)21/h3-4,6,8-10H,2,5,7,11-12H2,1H3,(H,19,20). The minimum Gasteiger partial charge on any atom is -0.370 e. The van der Waals surface area contributed by atoms with E-state index in [1.165, 1.54) is 17.7 Å². The third-order valence-corrected chi connectivity index (χ3v) is 4.17. The van der Waals surface area contributed by atoms with Gasteiger partial charge in [0.2, 0.25) is 0 Å². The normalized spacial score (nSPS) is 13.9. The summed E-state index contributed by atoms with van der Waals surface area (Å²) in [6, 6.07) is 12.5. The highest BCUT2D eigenvalue weighted by molar-refractivity contribution is 6.31. The highest BCUT2D eigenvalue weighted by Gasteiger charge is 2.18. The maximum Gasteiger partial charge on any atom is 0.126 e. The van der Waals surface area contributed by atoms with Crippen LogP contribution in [0.2, 0.25) is 5.02 Å². The Hall–Kier alpha value is -1.74. The van der Waals surface area contributed by atoms with Crippen molar-refractivity contribution in [3.63, 3.8) is 0 Å². The molecular weight excluding hydrogens is 282 g/mol. The van der Waals surface area contributed by atoms with E-state index >= 15 is 0 Å². The number of hydrogen-bond acceptors (Lipinski definition) is 3. The van der Waals surface area contributed by atoms with Crippen molar-refractivity contribution >= 4 is 23.1 Å². The summed E-state index contributed by atoms with van der Waals surface area (Å²) >= 11 is 6.33. The second kappa shape index (κ2) is 6.35. The smallest absolute Gasteiger partial charge is 0.126 e. The van der Waals surface area contributed by atoms with Gasteiger partial charge in [-0.25, -0.2) is 4.98 Å². The zero-order chi connectivity index (χ0) is 14.7. The zero-order valence-electron chi connectivity index (χ0n) is 12.3. The van der Waals surface area contributed by atoms with Crippen LogP contribution in [0.1, 0.15) is 24.6 Å². The lowest BCUT2D eigenvalue weighted by Gasteiger charge is -2.31. The van der Waals surface area contributed by atoms with E-state index < -0.39 is 0 Å². The predicted molar refractivity (Wildman–Crippen MR) is 89.2 cm³/mol. The van der Waals surface area contributed by atoms with Crippen molar-refractivity contribution in [2.45, 2.75) is 26.3 Å². The van der Waals surface area contributed by atoms with Crippen LogP contribution in [0.4, 0.5) is 11.5 Å². The summed E-state index contributed by atoms with van der Waals surface area (Å²) in [7, 11) is 0. The van der Waals surface area contributed by atoms with Gasteiger partial charge in [0.05, 0.1) is 17.3 Å². The fourth-order valence-electron chi connectivity index (χ4n) is 2.83. The summed E-state index contributed by atoms with van der Waals surface area (Å²) in [5.41, 5.74) is 3.67. The molecule has 0 amide bonds. The molecule has 3 rings (SSSR count). The number of halogens is 1. The van der Waals surface area contributed by atoms with Crippen LogP contribution < -0.4 is 10.2 Å². The second-order valence-electron chi connectivity index (χ2n) is 5.31. The number of hydrogen-bond donors (Lipinski definition) is 1. The molecule has 0 saturated carbocycles. The average Bonchev–Trinajstić information content (AvgIpc) is 2.51. The molecule has 2 heterocycles. The number of benzene rings is 1. The van der Waals surface area contributed by atoms with Crippen LogP contribution in [-0.4, -0.2) is 18.1 Å². The Balaban J connectivity index is 1.86. The number of aromatic nitrogens is 1. The Morgan fingerprint density at radius 3 is 2.95 bits per heavy atom. The van der Waals surface area contributed by atoms with E-state index in [9.17, 15) is 0 Å². The molecule has 4 heteroatoms. The van der Waals surface area contributed by atoms with Crippen LogP contribution in [-0.2, 0) is 13.0 Å². The van der Waals surface area contributed by atoms with Crippen molar-refractivity contribution in [1.82, 2.24) is 4.98 Å². The Morgan fingerprint density at radius 2 is 2.10 bits per heavy atom. The summed E-state index contributed by atoms with van der Waals surface area (Å²) in [5.74, 6) is 0.891.